The summed E-state index contributed by atoms with van der Waals surface area (Å²) in [6.45, 7) is 0. The minimum absolute atomic E-state index is 0.295. The molecule has 0 atom stereocenters. The molecule has 4 heteroatoms. The monoisotopic (exact) mass is 287 g/mol. The maximum absolute atomic E-state index is 13.2. The van der Waals surface area contributed by atoms with Crippen LogP contribution >= 0.6 is 0 Å². The van der Waals surface area contributed by atoms with Crippen LogP contribution in [-0.4, -0.2) is 5.91 Å². The Morgan fingerprint density at radius 3 is 2.29 bits per heavy atom. The van der Waals surface area contributed by atoms with Gasteiger partial charge in [0.05, 0.1) is 5.54 Å². The number of nitrogens with one attached hydrogen (secondary N) is 1. The Morgan fingerprint density at radius 1 is 1.00 bits per heavy atom. The van der Waals surface area contributed by atoms with Gasteiger partial charge in [-0.05, 0) is 55.2 Å². The lowest BCUT2D eigenvalue weighted by Gasteiger charge is -2.43. The van der Waals surface area contributed by atoms with Gasteiger partial charge >= 0.3 is 0 Å². The molecule has 1 amide bonds. The van der Waals surface area contributed by atoms with E-state index in [1.54, 1.807) is 18.2 Å². The van der Waals surface area contributed by atoms with Gasteiger partial charge in [-0.3, -0.25) is 4.79 Å². The molecule has 0 spiro atoms. The van der Waals surface area contributed by atoms with Crippen LogP contribution in [0.3, 0.4) is 0 Å². The van der Waals surface area contributed by atoms with Crippen molar-refractivity contribution in [3.05, 3.63) is 71.3 Å². The van der Waals surface area contributed by atoms with Crippen molar-refractivity contribution in [2.75, 3.05) is 0 Å². The fourth-order valence-corrected chi connectivity index (χ4v) is 2.70. The molecule has 1 saturated carbocycles. The molecule has 1 N–H and O–H groups in total. The van der Waals surface area contributed by atoms with Crippen molar-refractivity contribution >= 4 is 5.91 Å². The third-order valence-electron chi connectivity index (χ3n) is 4.04. The van der Waals surface area contributed by atoms with Gasteiger partial charge < -0.3 is 5.32 Å². The molecule has 108 valence electrons. The predicted octanol–water partition coefficient (Wildman–Crippen LogP) is 3.77. The molecule has 3 rings (SSSR count). The van der Waals surface area contributed by atoms with E-state index in [1.807, 2.05) is 0 Å². The zero-order valence-corrected chi connectivity index (χ0v) is 11.4. The Balaban J connectivity index is 1.84. The summed E-state index contributed by atoms with van der Waals surface area (Å²) in [7, 11) is 0. The van der Waals surface area contributed by atoms with E-state index >= 15 is 0 Å². The first-order valence-electron chi connectivity index (χ1n) is 6.93. The highest BCUT2D eigenvalue weighted by Crippen LogP contribution is 2.41. The Kier molecular flexibility index (Phi) is 3.45. The number of hydrogen-bond donors (Lipinski definition) is 1. The standard InChI is InChI=1S/C17H15F2NO/c18-14-7-5-13(6-8-14)17(9-2-10-17)20-16(21)12-3-1-4-15(19)11-12/h1,3-8,11H,2,9-10H2,(H,20,21). The molecule has 0 aromatic heterocycles. The van der Waals surface area contributed by atoms with Gasteiger partial charge in [0.1, 0.15) is 11.6 Å². The van der Waals surface area contributed by atoms with Crippen molar-refractivity contribution in [2.45, 2.75) is 24.8 Å². The molecule has 0 aliphatic heterocycles. The van der Waals surface area contributed by atoms with Crippen LogP contribution < -0.4 is 5.32 Å². The van der Waals surface area contributed by atoms with Crippen LogP contribution in [0.1, 0.15) is 35.2 Å². The summed E-state index contributed by atoms with van der Waals surface area (Å²) in [6, 6.07) is 11.8. The summed E-state index contributed by atoms with van der Waals surface area (Å²) in [4.78, 5) is 12.3. The van der Waals surface area contributed by atoms with Crippen LogP contribution in [0.4, 0.5) is 8.78 Å². The number of amides is 1. The van der Waals surface area contributed by atoms with Gasteiger partial charge in [0.25, 0.3) is 5.91 Å². The second-order valence-corrected chi connectivity index (χ2v) is 5.41. The van der Waals surface area contributed by atoms with E-state index in [0.29, 0.717) is 5.56 Å². The fraction of sp³-hybridized carbons (Fsp3) is 0.235. The lowest BCUT2D eigenvalue weighted by Crippen LogP contribution is -2.50. The van der Waals surface area contributed by atoms with Crippen LogP contribution in [0.25, 0.3) is 0 Å². The van der Waals surface area contributed by atoms with E-state index in [0.717, 1.165) is 24.8 Å². The van der Waals surface area contributed by atoms with Crippen molar-refractivity contribution in [3.8, 4) is 0 Å². The van der Waals surface area contributed by atoms with Gasteiger partial charge in [-0.2, -0.15) is 0 Å². The summed E-state index contributed by atoms with van der Waals surface area (Å²) in [5.41, 5.74) is 0.722. The minimum Gasteiger partial charge on any atom is -0.343 e. The number of benzene rings is 2. The van der Waals surface area contributed by atoms with E-state index in [-0.39, 0.29) is 11.7 Å². The van der Waals surface area contributed by atoms with Crippen LogP contribution in [0.15, 0.2) is 48.5 Å². The second-order valence-electron chi connectivity index (χ2n) is 5.41. The zero-order chi connectivity index (χ0) is 14.9. The Labute approximate surface area is 121 Å². The van der Waals surface area contributed by atoms with Crippen molar-refractivity contribution in [2.24, 2.45) is 0 Å². The summed E-state index contributed by atoms with van der Waals surface area (Å²) >= 11 is 0. The van der Waals surface area contributed by atoms with Gasteiger partial charge in [-0.15, -0.1) is 0 Å². The highest BCUT2D eigenvalue weighted by molar-refractivity contribution is 5.94. The van der Waals surface area contributed by atoms with Crippen LogP contribution in [-0.2, 0) is 5.54 Å². The van der Waals surface area contributed by atoms with Gasteiger partial charge in [0.2, 0.25) is 0 Å². The second kappa shape index (κ2) is 5.28. The summed E-state index contributed by atoms with van der Waals surface area (Å²) < 4.78 is 26.2. The summed E-state index contributed by atoms with van der Waals surface area (Å²) in [5, 5.41) is 2.98. The van der Waals surface area contributed by atoms with Crippen molar-refractivity contribution in [3.63, 3.8) is 0 Å². The molecule has 2 nitrogen and oxygen atoms in total. The normalized spacial score (nSPS) is 16.1. The van der Waals surface area contributed by atoms with Gasteiger partial charge in [0, 0.05) is 5.56 Å². The van der Waals surface area contributed by atoms with E-state index in [4.69, 9.17) is 0 Å². The molecule has 1 aliphatic carbocycles. The largest absolute Gasteiger partial charge is 0.343 e. The smallest absolute Gasteiger partial charge is 0.252 e. The first kappa shape index (κ1) is 13.7. The van der Waals surface area contributed by atoms with E-state index < -0.39 is 11.4 Å². The maximum atomic E-state index is 13.2. The van der Waals surface area contributed by atoms with E-state index in [2.05, 4.69) is 5.32 Å². The van der Waals surface area contributed by atoms with Crippen molar-refractivity contribution in [1.29, 1.82) is 0 Å². The number of rotatable bonds is 3. The molecule has 0 saturated heterocycles. The number of hydrogen-bond acceptors (Lipinski definition) is 1. The molecule has 0 heterocycles. The minimum atomic E-state index is -0.461. The quantitative estimate of drug-likeness (QED) is 0.914. The molecule has 1 aliphatic rings. The molecule has 2 aromatic rings. The summed E-state index contributed by atoms with van der Waals surface area (Å²) in [6.07, 6.45) is 2.61. The fourth-order valence-electron chi connectivity index (χ4n) is 2.70. The van der Waals surface area contributed by atoms with Gasteiger partial charge in [-0.1, -0.05) is 18.2 Å². The molecule has 0 bridgehead atoms. The molecule has 1 fully saturated rings. The van der Waals surface area contributed by atoms with Crippen molar-refractivity contribution < 1.29 is 13.6 Å². The first-order valence-corrected chi connectivity index (χ1v) is 6.93. The first-order chi connectivity index (χ1) is 10.1. The Bertz CT molecular complexity index is 663. The molecular formula is C17H15F2NO. The number of carbonyl (C=O) groups excluding carboxylic acids is 1. The Hall–Kier alpha value is -2.23. The average molecular weight is 287 g/mol. The predicted molar refractivity (Wildman–Crippen MR) is 75.8 cm³/mol. The topological polar surface area (TPSA) is 29.1 Å². The van der Waals surface area contributed by atoms with Crippen LogP contribution in [0.5, 0.6) is 0 Å². The highest BCUT2D eigenvalue weighted by atomic mass is 19.1. The summed E-state index contributed by atoms with van der Waals surface area (Å²) in [5.74, 6) is -1.05. The molecule has 2 aromatic carbocycles. The van der Waals surface area contributed by atoms with Gasteiger partial charge in [0.15, 0.2) is 0 Å². The van der Waals surface area contributed by atoms with E-state index in [1.165, 1.54) is 30.3 Å². The van der Waals surface area contributed by atoms with Gasteiger partial charge in [-0.25, -0.2) is 8.78 Å². The molecule has 0 radical (unpaired) electrons. The third kappa shape index (κ3) is 2.66. The van der Waals surface area contributed by atoms with Crippen molar-refractivity contribution in [1.82, 2.24) is 5.32 Å². The number of halogens is 2. The SMILES string of the molecule is O=C(NC1(c2ccc(F)cc2)CCC1)c1cccc(F)c1. The lowest BCUT2D eigenvalue weighted by atomic mass is 9.71. The maximum Gasteiger partial charge on any atom is 0.252 e. The Morgan fingerprint density at radius 2 is 1.71 bits per heavy atom. The number of carbonyl (C=O) groups is 1. The molecular weight excluding hydrogens is 272 g/mol. The lowest BCUT2D eigenvalue weighted by molar-refractivity contribution is 0.0823. The molecule has 21 heavy (non-hydrogen) atoms. The van der Waals surface area contributed by atoms with Crippen LogP contribution in [0, 0.1) is 11.6 Å². The van der Waals surface area contributed by atoms with Crippen LogP contribution in [0.2, 0.25) is 0 Å². The third-order valence-corrected chi connectivity index (χ3v) is 4.04. The van der Waals surface area contributed by atoms with E-state index in [9.17, 15) is 13.6 Å². The molecule has 0 unspecified atom stereocenters. The zero-order valence-electron chi connectivity index (χ0n) is 11.4. The average Bonchev–Trinajstić information content (AvgIpc) is 2.44. The highest BCUT2D eigenvalue weighted by Gasteiger charge is 2.40.